The summed E-state index contributed by atoms with van der Waals surface area (Å²) in [7, 11) is 0. The molecule has 3 heteroatoms. The van der Waals surface area contributed by atoms with Gasteiger partial charge in [0.05, 0.1) is 6.10 Å². The van der Waals surface area contributed by atoms with Crippen molar-refractivity contribution in [2.45, 2.75) is 25.7 Å². The quantitative estimate of drug-likeness (QED) is 0.576. The van der Waals surface area contributed by atoms with Crippen molar-refractivity contribution in [2.75, 3.05) is 0 Å². The minimum Gasteiger partial charge on any atom is -0.362 e. The molecule has 1 aliphatic rings. The van der Waals surface area contributed by atoms with E-state index >= 15 is 0 Å². The Morgan fingerprint density at radius 3 is 2.78 bits per heavy atom. The van der Waals surface area contributed by atoms with Crippen LogP contribution in [0, 0.1) is 0 Å². The van der Waals surface area contributed by atoms with Crippen molar-refractivity contribution < 1.29 is 14.2 Å². The fourth-order valence-corrected chi connectivity index (χ4v) is 0.744. The summed E-state index contributed by atoms with van der Waals surface area (Å²) in [4.78, 5) is 0. The Morgan fingerprint density at radius 2 is 2.56 bits per heavy atom. The fourth-order valence-electron chi connectivity index (χ4n) is 0.744. The van der Waals surface area contributed by atoms with Gasteiger partial charge in [-0.1, -0.05) is 6.92 Å². The van der Waals surface area contributed by atoms with Crippen LogP contribution in [-0.4, -0.2) is 17.5 Å². The minimum atomic E-state index is -1.31. The summed E-state index contributed by atoms with van der Waals surface area (Å²) < 4.78 is 17.0. The molecule has 2 unspecified atom stereocenters. The molecule has 0 amide bonds. The van der Waals surface area contributed by atoms with Crippen molar-refractivity contribution in [1.29, 1.82) is 0 Å². The average Bonchev–Trinajstić information content (AvgIpc) is 2.13. The van der Waals surface area contributed by atoms with Crippen LogP contribution >= 0.6 is 0 Å². The van der Waals surface area contributed by atoms with E-state index in [4.69, 9.17) is 9.84 Å². The second kappa shape index (κ2) is 2.45. The van der Waals surface area contributed by atoms with Gasteiger partial charge in [0.15, 0.2) is 5.83 Å². The topological polar surface area (TPSA) is 29.5 Å². The summed E-state index contributed by atoms with van der Waals surface area (Å²) in [5, 5.41) is 8.63. The molecule has 52 valence electrons. The number of aliphatic hydroxyl groups is 1. The summed E-state index contributed by atoms with van der Waals surface area (Å²) in [6.45, 7) is 1.87. The second-order valence-electron chi connectivity index (χ2n) is 1.99. The molecule has 0 spiro atoms. The van der Waals surface area contributed by atoms with Crippen molar-refractivity contribution >= 4 is 0 Å². The van der Waals surface area contributed by atoms with Gasteiger partial charge in [0.2, 0.25) is 6.29 Å². The first-order valence-corrected chi connectivity index (χ1v) is 2.94. The van der Waals surface area contributed by atoms with Gasteiger partial charge in [-0.15, -0.1) is 0 Å². The van der Waals surface area contributed by atoms with Crippen LogP contribution in [-0.2, 0) is 4.74 Å². The molecular formula is C6H9FO2. The molecule has 0 bridgehead atoms. The maximum atomic E-state index is 12.2. The first-order chi connectivity index (χ1) is 4.24. The van der Waals surface area contributed by atoms with Crippen LogP contribution in [0.3, 0.4) is 0 Å². The highest BCUT2D eigenvalue weighted by atomic mass is 19.1. The molecule has 0 fully saturated rings. The number of halogens is 1. The molecule has 2 nitrogen and oxygen atoms in total. The van der Waals surface area contributed by atoms with Crippen LogP contribution in [0.2, 0.25) is 0 Å². The maximum absolute atomic E-state index is 12.2. The van der Waals surface area contributed by atoms with E-state index in [9.17, 15) is 4.39 Å². The van der Waals surface area contributed by atoms with Crippen LogP contribution in [0.1, 0.15) is 13.3 Å². The lowest BCUT2D eigenvalue weighted by Crippen LogP contribution is -2.11. The van der Waals surface area contributed by atoms with E-state index < -0.39 is 12.1 Å². The number of rotatable bonds is 1. The molecule has 0 aromatic carbocycles. The monoisotopic (exact) mass is 132 g/mol. The lowest BCUT2D eigenvalue weighted by atomic mass is 10.3. The van der Waals surface area contributed by atoms with Gasteiger partial charge < -0.3 is 9.84 Å². The number of ether oxygens (including phenoxy) is 1. The Morgan fingerprint density at radius 1 is 1.89 bits per heavy atom. The molecule has 1 N–H and O–H groups in total. The zero-order chi connectivity index (χ0) is 6.85. The Labute approximate surface area is 52.9 Å². The fraction of sp³-hybridized carbons (Fsp3) is 0.667. The normalized spacial score (nSPS) is 34.8. The van der Waals surface area contributed by atoms with Gasteiger partial charge in [-0.3, -0.25) is 0 Å². The Hall–Kier alpha value is -0.410. The van der Waals surface area contributed by atoms with Crippen molar-refractivity contribution in [2.24, 2.45) is 0 Å². The Kier molecular flexibility index (Phi) is 1.83. The average molecular weight is 132 g/mol. The van der Waals surface area contributed by atoms with E-state index in [1.54, 1.807) is 0 Å². The van der Waals surface area contributed by atoms with Crippen molar-refractivity contribution in [3.05, 3.63) is 11.9 Å². The predicted molar refractivity (Wildman–Crippen MR) is 30.4 cm³/mol. The van der Waals surface area contributed by atoms with Gasteiger partial charge in [0.1, 0.15) is 0 Å². The van der Waals surface area contributed by atoms with E-state index in [1.807, 2.05) is 6.92 Å². The van der Waals surface area contributed by atoms with Crippen molar-refractivity contribution in [1.82, 2.24) is 0 Å². The van der Waals surface area contributed by atoms with Gasteiger partial charge in [-0.05, 0) is 12.5 Å². The molecule has 0 aromatic rings. The Balaban J connectivity index is 2.52. The van der Waals surface area contributed by atoms with Gasteiger partial charge in [0, 0.05) is 0 Å². The highest BCUT2D eigenvalue weighted by Gasteiger charge is 2.23. The molecule has 2 atom stereocenters. The Bertz CT molecular complexity index is 133. The van der Waals surface area contributed by atoms with Crippen LogP contribution < -0.4 is 0 Å². The van der Waals surface area contributed by atoms with Crippen molar-refractivity contribution in [3.8, 4) is 0 Å². The van der Waals surface area contributed by atoms with Crippen LogP contribution in [0.5, 0.6) is 0 Å². The molecule has 1 heterocycles. The second-order valence-corrected chi connectivity index (χ2v) is 1.99. The molecule has 0 aromatic heterocycles. The van der Waals surface area contributed by atoms with Gasteiger partial charge >= 0.3 is 0 Å². The van der Waals surface area contributed by atoms with E-state index in [2.05, 4.69) is 0 Å². The van der Waals surface area contributed by atoms with E-state index in [1.165, 1.54) is 6.08 Å². The van der Waals surface area contributed by atoms with Crippen LogP contribution in [0.4, 0.5) is 4.39 Å². The van der Waals surface area contributed by atoms with E-state index in [0.717, 1.165) is 0 Å². The third kappa shape index (κ3) is 1.28. The summed E-state index contributed by atoms with van der Waals surface area (Å²) >= 11 is 0. The summed E-state index contributed by atoms with van der Waals surface area (Å²) in [5.74, 6) is -0.568. The third-order valence-corrected chi connectivity index (χ3v) is 1.29. The summed E-state index contributed by atoms with van der Waals surface area (Å²) in [5.41, 5.74) is 0. The molecule has 0 radical (unpaired) electrons. The molecule has 1 aliphatic heterocycles. The first-order valence-electron chi connectivity index (χ1n) is 2.94. The van der Waals surface area contributed by atoms with E-state index in [0.29, 0.717) is 6.42 Å². The summed E-state index contributed by atoms with van der Waals surface area (Å²) in [6, 6.07) is 0. The lowest BCUT2D eigenvalue weighted by Gasteiger charge is -2.05. The molecule has 0 saturated heterocycles. The van der Waals surface area contributed by atoms with Crippen molar-refractivity contribution in [3.63, 3.8) is 0 Å². The smallest absolute Gasteiger partial charge is 0.208 e. The summed E-state index contributed by atoms with van der Waals surface area (Å²) in [6.07, 6.45) is 0.449. The highest BCUT2D eigenvalue weighted by Crippen LogP contribution is 2.19. The van der Waals surface area contributed by atoms with Gasteiger partial charge in [-0.25, -0.2) is 4.39 Å². The predicted octanol–water partition coefficient (Wildman–Crippen LogP) is 0.967. The number of aliphatic hydroxyl groups excluding tert-OH is 1. The minimum absolute atomic E-state index is 0.236. The molecule has 0 saturated carbocycles. The molecule has 1 rings (SSSR count). The lowest BCUT2D eigenvalue weighted by molar-refractivity contribution is -0.0884. The third-order valence-electron chi connectivity index (χ3n) is 1.29. The van der Waals surface area contributed by atoms with Gasteiger partial charge in [0.25, 0.3) is 0 Å². The number of hydrogen-bond donors (Lipinski definition) is 1. The zero-order valence-corrected chi connectivity index (χ0v) is 5.17. The molecule has 0 aliphatic carbocycles. The maximum Gasteiger partial charge on any atom is 0.208 e. The highest BCUT2D eigenvalue weighted by molar-refractivity contribution is 5.05. The molecular weight excluding hydrogens is 123 g/mol. The van der Waals surface area contributed by atoms with Crippen LogP contribution in [0.15, 0.2) is 11.9 Å². The largest absolute Gasteiger partial charge is 0.362 e. The zero-order valence-electron chi connectivity index (χ0n) is 5.17. The van der Waals surface area contributed by atoms with Crippen LogP contribution in [0.25, 0.3) is 0 Å². The SMILES string of the molecule is CCC1C=C(F)C(O)O1. The first kappa shape index (κ1) is 6.71. The molecule has 9 heavy (non-hydrogen) atoms. The standard InChI is InChI=1S/C6H9FO2/c1-2-4-3-5(7)6(8)9-4/h3-4,6,8H,2H2,1H3. The number of hydrogen-bond acceptors (Lipinski definition) is 2. The van der Waals surface area contributed by atoms with E-state index in [-0.39, 0.29) is 6.10 Å². The van der Waals surface area contributed by atoms with Gasteiger partial charge in [-0.2, -0.15) is 0 Å².